The average molecular weight is 200 g/mol. The molecule has 0 aliphatic heterocycles. The molecule has 1 fully saturated rings. The van der Waals surface area contributed by atoms with Gasteiger partial charge in [-0.2, -0.15) is 0 Å². The van der Waals surface area contributed by atoms with E-state index < -0.39 is 0 Å². The first kappa shape index (κ1) is 12.0. The van der Waals surface area contributed by atoms with E-state index in [2.05, 4.69) is 34.6 Å². The maximum Gasteiger partial charge on any atom is 0.0950 e. The third kappa shape index (κ3) is 1.59. The number of hydrogen-bond donors (Lipinski definition) is 0. The van der Waals surface area contributed by atoms with E-state index in [4.69, 9.17) is 0 Å². The lowest BCUT2D eigenvalue weighted by Gasteiger charge is -2.60. The maximum absolute atomic E-state index is 13.0. The summed E-state index contributed by atoms with van der Waals surface area (Å²) >= 11 is 0. The van der Waals surface area contributed by atoms with Gasteiger partial charge >= 0.3 is 0 Å². The van der Waals surface area contributed by atoms with Crippen LogP contribution in [-0.4, -0.2) is 6.67 Å². The van der Waals surface area contributed by atoms with Crippen LogP contribution in [0.3, 0.4) is 0 Å². The van der Waals surface area contributed by atoms with Crippen LogP contribution in [-0.2, 0) is 0 Å². The zero-order valence-corrected chi connectivity index (χ0v) is 10.4. The van der Waals surface area contributed by atoms with Gasteiger partial charge in [-0.3, -0.25) is 4.39 Å². The molecule has 1 aliphatic carbocycles. The third-order valence-electron chi connectivity index (χ3n) is 4.74. The highest BCUT2D eigenvalue weighted by Gasteiger charge is 2.56. The third-order valence-corrected chi connectivity index (χ3v) is 4.74. The van der Waals surface area contributed by atoms with Crippen LogP contribution in [0.1, 0.15) is 53.9 Å². The van der Waals surface area contributed by atoms with Gasteiger partial charge in [-0.1, -0.05) is 34.6 Å². The minimum atomic E-state index is -0.120. The van der Waals surface area contributed by atoms with E-state index in [1.165, 1.54) is 0 Å². The largest absolute Gasteiger partial charge is 0.250 e. The van der Waals surface area contributed by atoms with Crippen molar-refractivity contribution in [2.75, 3.05) is 6.67 Å². The number of halogens is 1. The van der Waals surface area contributed by atoms with Crippen LogP contribution in [0.25, 0.3) is 0 Å². The minimum absolute atomic E-state index is 0.0363. The molecule has 0 aromatic rings. The Morgan fingerprint density at radius 2 is 1.50 bits per heavy atom. The van der Waals surface area contributed by atoms with Crippen LogP contribution in [0.4, 0.5) is 4.39 Å². The maximum atomic E-state index is 13.0. The van der Waals surface area contributed by atoms with Crippen LogP contribution in [0, 0.1) is 22.7 Å². The summed E-state index contributed by atoms with van der Waals surface area (Å²) < 4.78 is 13.0. The summed E-state index contributed by atoms with van der Waals surface area (Å²) in [5, 5.41) is 0. The second-order valence-electron chi connectivity index (χ2n) is 5.88. The van der Waals surface area contributed by atoms with Crippen molar-refractivity contribution in [2.24, 2.45) is 22.7 Å². The SMILES string of the molecule is CCC1(CF)CC(C(C)C)(C(C)C)C1. The monoisotopic (exact) mass is 200 g/mol. The highest BCUT2D eigenvalue weighted by atomic mass is 19.1. The van der Waals surface area contributed by atoms with Crippen molar-refractivity contribution in [3.8, 4) is 0 Å². The molecule has 0 N–H and O–H groups in total. The van der Waals surface area contributed by atoms with Crippen LogP contribution in [0.2, 0.25) is 0 Å². The summed E-state index contributed by atoms with van der Waals surface area (Å²) in [7, 11) is 0. The zero-order chi connectivity index (χ0) is 11.0. The molecular weight excluding hydrogens is 175 g/mol. The van der Waals surface area contributed by atoms with Gasteiger partial charge < -0.3 is 0 Å². The van der Waals surface area contributed by atoms with Gasteiger partial charge in [0.2, 0.25) is 0 Å². The molecule has 0 aromatic carbocycles. The van der Waals surface area contributed by atoms with E-state index in [9.17, 15) is 4.39 Å². The molecule has 0 bridgehead atoms. The Hall–Kier alpha value is -0.0700. The molecule has 0 heterocycles. The van der Waals surface area contributed by atoms with Gasteiger partial charge in [-0.15, -0.1) is 0 Å². The van der Waals surface area contributed by atoms with Gasteiger partial charge in [-0.05, 0) is 41.9 Å². The molecule has 0 atom stereocenters. The van der Waals surface area contributed by atoms with Crippen molar-refractivity contribution < 1.29 is 4.39 Å². The molecule has 0 amide bonds. The number of alkyl halides is 1. The molecule has 0 spiro atoms. The van der Waals surface area contributed by atoms with E-state index in [1.54, 1.807) is 0 Å². The quantitative estimate of drug-likeness (QED) is 0.629. The van der Waals surface area contributed by atoms with Gasteiger partial charge in [0.05, 0.1) is 6.67 Å². The van der Waals surface area contributed by atoms with E-state index >= 15 is 0 Å². The topological polar surface area (TPSA) is 0 Å². The Labute approximate surface area is 88.3 Å². The molecule has 0 nitrogen and oxygen atoms in total. The van der Waals surface area contributed by atoms with Crippen LogP contribution in [0.5, 0.6) is 0 Å². The highest BCUT2D eigenvalue weighted by molar-refractivity contribution is 5.05. The Morgan fingerprint density at radius 3 is 1.71 bits per heavy atom. The van der Waals surface area contributed by atoms with Crippen molar-refractivity contribution in [2.45, 2.75) is 53.9 Å². The van der Waals surface area contributed by atoms with Crippen molar-refractivity contribution >= 4 is 0 Å². The molecule has 14 heavy (non-hydrogen) atoms. The number of rotatable bonds is 4. The normalized spacial score (nSPS) is 24.0. The van der Waals surface area contributed by atoms with Crippen LogP contribution >= 0.6 is 0 Å². The van der Waals surface area contributed by atoms with Crippen molar-refractivity contribution in [1.29, 1.82) is 0 Å². The summed E-state index contributed by atoms with van der Waals surface area (Å²) in [4.78, 5) is 0. The minimum Gasteiger partial charge on any atom is -0.250 e. The van der Waals surface area contributed by atoms with Gasteiger partial charge in [0.1, 0.15) is 0 Å². The smallest absolute Gasteiger partial charge is 0.0950 e. The predicted octanol–water partition coefficient (Wildman–Crippen LogP) is 4.44. The molecular formula is C13H25F. The molecule has 84 valence electrons. The molecule has 0 aromatic heterocycles. The molecule has 1 aliphatic rings. The second-order valence-corrected chi connectivity index (χ2v) is 5.88. The standard InChI is InChI=1S/C13H25F/c1-6-12(9-14)7-13(8-12,10(2)3)11(4)5/h10-11H,6-9H2,1-5H3. The zero-order valence-electron chi connectivity index (χ0n) is 10.4. The van der Waals surface area contributed by atoms with Crippen LogP contribution < -0.4 is 0 Å². The Balaban J connectivity index is 2.73. The van der Waals surface area contributed by atoms with E-state index in [0.717, 1.165) is 19.3 Å². The van der Waals surface area contributed by atoms with Crippen molar-refractivity contribution in [3.63, 3.8) is 0 Å². The fourth-order valence-corrected chi connectivity index (χ4v) is 3.27. The first-order valence-electron chi connectivity index (χ1n) is 5.98. The molecule has 0 saturated heterocycles. The molecule has 1 heteroatoms. The summed E-state index contributed by atoms with van der Waals surface area (Å²) in [6.07, 6.45) is 3.20. The van der Waals surface area contributed by atoms with Gasteiger partial charge in [0.25, 0.3) is 0 Å². The summed E-state index contributed by atoms with van der Waals surface area (Å²) in [6, 6.07) is 0. The fourth-order valence-electron chi connectivity index (χ4n) is 3.27. The first-order chi connectivity index (χ1) is 6.42. The van der Waals surface area contributed by atoms with E-state index in [-0.39, 0.29) is 12.1 Å². The van der Waals surface area contributed by atoms with Crippen molar-refractivity contribution in [1.82, 2.24) is 0 Å². The average Bonchev–Trinajstić information content (AvgIpc) is 2.03. The second kappa shape index (κ2) is 3.83. The van der Waals surface area contributed by atoms with E-state index in [0.29, 0.717) is 17.3 Å². The molecule has 1 rings (SSSR count). The van der Waals surface area contributed by atoms with Crippen LogP contribution in [0.15, 0.2) is 0 Å². The summed E-state index contributed by atoms with van der Waals surface area (Å²) in [5.74, 6) is 1.38. The van der Waals surface area contributed by atoms with E-state index in [1.807, 2.05) is 0 Å². The van der Waals surface area contributed by atoms with Gasteiger partial charge in [-0.25, -0.2) is 0 Å². The van der Waals surface area contributed by atoms with Gasteiger partial charge in [0.15, 0.2) is 0 Å². The molecule has 0 unspecified atom stereocenters. The fraction of sp³-hybridized carbons (Fsp3) is 1.00. The van der Waals surface area contributed by atoms with Crippen molar-refractivity contribution in [3.05, 3.63) is 0 Å². The summed E-state index contributed by atoms with van der Waals surface area (Å²) in [6.45, 7) is 11.2. The Morgan fingerprint density at radius 1 is 1.07 bits per heavy atom. The lowest BCUT2D eigenvalue weighted by Crippen LogP contribution is -2.53. The Bertz CT molecular complexity index is 171. The van der Waals surface area contributed by atoms with Gasteiger partial charge in [0, 0.05) is 0 Å². The molecule has 0 radical (unpaired) electrons. The lowest BCUT2D eigenvalue weighted by atomic mass is 9.45. The first-order valence-corrected chi connectivity index (χ1v) is 5.98. The predicted molar refractivity (Wildman–Crippen MR) is 60.0 cm³/mol. The molecule has 1 saturated carbocycles. The number of hydrogen-bond acceptors (Lipinski definition) is 0. The summed E-state index contributed by atoms with van der Waals surface area (Å²) in [5.41, 5.74) is 0.455. The lowest BCUT2D eigenvalue weighted by molar-refractivity contribution is -0.119. The highest BCUT2D eigenvalue weighted by Crippen LogP contribution is 2.63. The Kier molecular flexibility index (Phi) is 3.28.